The third kappa shape index (κ3) is 8.42. The first-order chi connectivity index (χ1) is 21.8. The summed E-state index contributed by atoms with van der Waals surface area (Å²) in [7, 11) is 0. The molecule has 6 nitrogen and oxygen atoms in total. The quantitative estimate of drug-likeness (QED) is 0.146. The Morgan fingerprint density at radius 3 is 0.935 bits per heavy atom. The van der Waals surface area contributed by atoms with Crippen LogP contribution in [-0.4, -0.2) is 22.8 Å². The van der Waals surface area contributed by atoms with E-state index in [-0.39, 0.29) is 22.8 Å². The Labute approximate surface area is 270 Å². The van der Waals surface area contributed by atoms with Crippen LogP contribution >= 0.6 is 0 Å². The molecule has 0 fully saturated rings. The molecule has 0 aromatic heterocycles. The Morgan fingerprint density at radius 2 is 0.652 bits per heavy atom. The highest BCUT2D eigenvalue weighted by atomic mass is 16.5. The van der Waals surface area contributed by atoms with Crippen molar-refractivity contribution < 1.29 is 28.5 Å². The van der Waals surface area contributed by atoms with E-state index < -0.39 is 0 Å². The fraction of sp³-hybridized carbons (Fsp3) is 0.200. The fourth-order valence-corrected chi connectivity index (χ4v) is 4.61. The van der Waals surface area contributed by atoms with Gasteiger partial charge in [0.15, 0.2) is 34.6 Å². The molecule has 0 unspecified atom stereocenters. The Hall–Kier alpha value is -5.36. The van der Waals surface area contributed by atoms with Gasteiger partial charge in [-0.15, -0.1) is 0 Å². The van der Waals surface area contributed by atoms with E-state index in [1.165, 1.54) is 0 Å². The minimum atomic E-state index is -0.370. The first kappa shape index (κ1) is 32.0. The summed E-state index contributed by atoms with van der Waals surface area (Å²) in [6, 6.07) is 35.5. The molecule has 0 saturated carbocycles. The van der Waals surface area contributed by atoms with Crippen LogP contribution in [0.25, 0.3) is 0 Å². The number of hydrogen-bond donors (Lipinski definition) is 0. The van der Waals surface area contributed by atoms with Gasteiger partial charge in [-0.1, -0.05) is 48.5 Å². The molecule has 0 radical (unpaired) electrons. The summed E-state index contributed by atoms with van der Waals surface area (Å²) in [6.45, 7) is 11.9. The number of ketones is 2. The lowest BCUT2D eigenvalue weighted by molar-refractivity contribution is 0.102. The number of carbonyl (C=O) groups is 2. The molecule has 0 aliphatic rings. The molecule has 6 heteroatoms. The molecule has 234 valence electrons. The molecule has 5 aromatic rings. The van der Waals surface area contributed by atoms with Gasteiger partial charge in [0.25, 0.3) is 0 Å². The first-order valence-corrected chi connectivity index (χ1v) is 15.2. The average Bonchev–Trinajstić information content (AvgIpc) is 3.02. The van der Waals surface area contributed by atoms with Crippen LogP contribution in [0.3, 0.4) is 0 Å². The van der Waals surface area contributed by atoms with Crippen molar-refractivity contribution in [2.45, 2.75) is 52.7 Å². The molecule has 0 aliphatic carbocycles. The van der Waals surface area contributed by atoms with E-state index in [4.69, 9.17) is 18.9 Å². The van der Waals surface area contributed by atoms with Crippen molar-refractivity contribution >= 4 is 11.6 Å². The van der Waals surface area contributed by atoms with E-state index >= 15 is 0 Å². The molecule has 0 atom stereocenters. The van der Waals surface area contributed by atoms with Crippen LogP contribution in [0.4, 0.5) is 0 Å². The predicted molar refractivity (Wildman–Crippen MR) is 180 cm³/mol. The maximum Gasteiger partial charge on any atom is 0.193 e. The van der Waals surface area contributed by atoms with Crippen molar-refractivity contribution in [3.05, 3.63) is 144 Å². The van der Waals surface area contributed by atoms with Crippen molar-refractivity contribution in [2.24, 2.45) is 0 Å². The first-order valence-electron chi connectivity index (χ1n) is 15.2. The summed E-state index contributed by atoms with van der Waals surface area (Å²) in [6.07, 6.45) is 0. The van der Waals surface area contributed by atoms with Crippen LogP contribution < -0.4 is 18.9 Å². The second-order valence-corrected chi connectivity index (χ2v) is 12.8. The van der Waals surface area contributed by atoms with Crippen LogP contribution in [0.5, 0.6) is 34.5 Å². The number of hydrogen-bond acceptors (Lipinski definition) is 6. The molecular weight excluding hydrogens is 576 g/mol. The topological polar surface area (TPSA) is 71.1 Å². The number of benzene rings is 5. The summed E-state index contributed by atoms with van der Waals surface area (Å²) in [5.41, 5.74) is 1.24. The number of carbonyl (C=O) groups excluding carboxylic acids is 2. The number of ether oxygens (including phenoxy) is 4. The van der Waals surface area contributed by atoms with Crippen LogP contribution in [0.15, 0.2) is 121 Å². The van der Waals surface area contributed by atoms with Gasteiger partial charge in [0.2, 0.25) is 0 Å². The van der Waals surface area contributed by atoms with Gasteiger partial charge in [-0.25, -0.2) is 0 Å². The minimum Gasteiger partial charge on any atom is -0.484 e. The van der Waals surface area contributed by atoms with Gasteiger partial charge in [0.05, 0.1) is 0 Å². The predicted octanol–water partition coefficient (Wildman–Crippen LogP) is 10.1. The highest BCUT2D eigenvalue weighted by molar-refractivity contribution is 6.11. The summed E-state index contributed by atoms with van der Waals surface area (Å²) >= 11 is 0. The molecule has 46 heavy (non-hydrogen) atoms. The Kier molecular flexibility index (Phi) is 9.28. The number of rotatable bonds is 10. The summed E-state index contributed by atoms with van der Waals surface area (Å²) in [4.78, 5) is 26.4. The highest BCUT2D eigenvalue weighted by Crippen LogP contribution is 2.35. The lowest BCUT2D eigenvalue weighted by Crippen LogP contribution is -2.23. The van der Waals surface area contributed by atoms with E-state index in [9.17, 15) is 9.59 Å². The normalized spacial score (nSPS) is 11.4. The van der Waals surface area contributed by atoms with E-state index in [0.29, 0.717) is 56.8 Å². The number of para-hydroxylation sites is 4. The van der Waals surface area contributed by atoms with Gasteiger partial charge >= 0.3 is 0 Å². The Morgan fingerprint density at radius 1 is 0.391 bits per heavy atom. The van der Waals surface area contributed by atoms with E-state index in [1.807, 2.05) is 90.1 Å². The molecule has 0 bridgehead atoms. The summed E-state index contributed by atoms with van der Waals surface area (Å²) in [5.74, 6) is 3.33. The van der Waals surface area contributed by atoms with Crippen molar-refractivity contribution in [1.29, 1.82) is 0 Å². The molecule has 5 rings (SSSR count). The zero-order valence-electron chi connectivity index (χ0n) is 27.0. The fourth-order valence-electron chi connectivity index (χ4n) is 4.61. The molecule has 0 heterocycles. The molecule has 0 amide bonds. The molecule has 0 aliphatic heterocycles. The summed E-state index contributed by atoms with van der Waals surface area (Å²) in [5, 5.41) is 0. The van der Waals surface area contributed by atoms with Crippen molar-refractivity contribution in [2.75, 3.05) is 0 Å². The molecule has 0 N–H and O–H groups in total. The lowest BCUT2D eigenvalue weighted by atomic mass is 9.98. The largest absolute Gasteiger partial charge is 0.484 e. The Balaban J connectivity index is 1.22. The van der Waals surface area contributed by atoms with Crippen molar-refractivity contribution in [3.63, 3.8) is 0 Å². The molecule has 0 spiro atoms. The monoisotopic (exact) mass is 614 g/mol. The second-order valence-electron chi connectivity index (χ2n) is 12.8. The van der Waals surface area contributed by atoms with Gasteiger partial charge < -0.3 is 18.9 Å². The zero-order chi connectivity index (χ0) is 32.9. The Bertz CT molecular complexity index is 1670. The van der Waals surface area contributed by atoms with Crippen LogP contribution in [0.1, 0.15) is 73.4 Å². The van der Waals surface area contributed by atoms with Crippen molar-refractivity contribution in [1.82, 2.24) is 0 Å². The SMILES string of the molecule is CC(C)(C)Oc1ccccc1Oc1ccc(C(=O)c2ccc(C(=O)c3ccc(Oc4ccccc4OC(C)(C)C)cc3)cc2)cc1. The van der Waals surface area contributed by atoms with E-state index in [2.05, 4.69) is 0 Å². The highest BCUT2D eigenvalue weighted by Gasteiger charge is 2.18. The van der Waals surface area contributed by atoms with Gasteiger partial charge in [0, 0.05) is 22.3 Å². The van der Waals surface area contributed by atoms with Crippen molar-refractivity contribution in [3.8, 4) is 34.5 Å². The third-order valence-corrected chi connectivity index (χ3v) is 6.63. The maximum absolute atomic E-state index is 13.2. The van der Waals surface area contributed by atoms with Gasteiger partial charge in [-0.2, -0.15) is 0 Å². The van der Waals surface area contributed by atoms with Crippen LogP contribution in [0, 0.1) is 0 Å². The maximum atomic E-state index is 13.2. The standard InChI is InChI=1S/C40H38O6/c1-39(2,3)45-35-13-9-7-11-33(35)43-31-23-19-29(20-24-31)37(41)27-15-17-28(18-16-27)38(42)30-21-25-32(26-22-30)44-34-12-8-10-14-36(34)46-40(4,5)6/h7-26H,1-6H3. The van der Waals surface area contributed by atoms with Gasteiger partial charge in [-0.05, 0) is 114 Å². The zero-order valence-corrected chi connectivity index (χ0v) is 27.0. The smallest absolute Gasteiger partial charge is 0.193 e. The van der Waals surface area contributed by atoms with Crippen LogP contribution in [0.2, 0.25) is 0 Å². The lowest BCUT2D eigenvalue weighted by Gasteiger charge is -2.23. The van der Waals surface area contributed by atoms with E-state index in [0.717, 1.165) is 0 Å². The molecule has 0 saturated heterocycles. The van der Waals surface area contributed by atoms with Crippen LogP contribution in [-0.2, 0) is 0 Å². The average molecular weight is 615 g/mol. The minimum absolute atomic E-state index is 0.153. The molecular formula is C40H38O6. The second kappa shape index (κ2) is 13.3. The third-order valence-electron chi connectivity index (χ3n) is 6.63. The molecule has 5 aromatic carbocycles. The van der Waals surface area contributed by atoms with Gasteiger partial charge in [-0.3, -0.25) is 9.59 Å². The summed E-state index contributed by atoms with van der Waals surface area (Å²) < 4.78 is 24.1. The van der Waals surface area contributed by atoms with Gasteiger partial charge in [0.1, 0.15) is 22.7 Å². The van der Waals surface area contributed by atoms with E-state index in [1.54, 1.807) is 72.8 Å².